The van der Waals surface area contributed by atoms with E-state index in [1.54, 1.807) is 25.7 Å². The molecule has 0 rings (SSSR count). The van der Waals surface area contributed by atoms with Gasteiger partial charge in [0.2, 0.25) is 0 Å². The number of hydrogen-bond acceptors (Lipinski definition) is 6. The lowest BCUT2D eigenvalue weighted by molar-refractivity contribution is -0.157. The fraction of sp³-hybridized carbons (Fsp3) is 0.632. The lowest BCUT2D eigenvalue weighted by atomic mass is 9.98. The fourth-order valence-electron chi connectivity index (χ4n) is 1.95. The summed E-state index contributed by atoms with van der Waals surface area (Å²) in [5, 5.41) is 0. The third kappa shape index (κ3) is 8.69. The highest BCUT2D eigenvalue weighted by Crippen LogP contribution is 2.22. The van der Waals surface area contributed by atoms with Gasteiger partial charge < -0.3 is 19.1 Å². The van der Waals surface area contributed by atoms with Crippen LogP contribution in [0.3, 0.4) is 0 Å². The molecule has 0 aliphatic rings. The molecule has 1 atom stereocenters. The Bertz CT molecular complexity index is 538. The summed E-state index contributed by atoms with van der Waals surface area (Å²) in [7, 11) is 0. The van der Waals surface area contributed by atoms with E-state index in [0.29, 0.717) is 18.7 Å². The second-order valence-corrected chi connectivity index (χ2v) is 6.32. The smallest absolute Gasteiger partial charge is 0.409 e. The van der Waals surface area contributed by atoms with Gasteiger partial charge in [-0.2, -0.15) is 0 Å². The molecule has 0 saturated heterocycles. The van der Waals surface area contributed by atoms with Crippen molar-refractivity contribution in [3.8, 4) is 0 Å². The van der Waals surface area contributed by atoms with E-state index in [1.165, 1.54) is 0 Å². The quantitative estimate of drug-likeness (QED) is 0.316. The molecule has 0 aromatic carbocycles. The van der Waals surface area contributed by atoms with Gasteiger partial charge in [0.1, 0.15) is 5.60 Å². The van der Waals surface area contributed by atoms with Crippen LogP contribution < -0.4 is 0 Å². The lowest BCUT2D eigenvalue weighted by Gasteiger charge is -2.30. The van der Waals surface area contributed by atoms with Crippen LogP contribution in [-0.2, 0) is 23.8 Å². The number of carbonyl (C=O) groups excluding carboxylic acids is 3. The zero-order chi connectivity index (χ0) is 20.3. The van der Waals surface area contributed by atoms with Gasteiger partial charge in [0.15, 0.2) is 0 Å². The number of amides is 1. The Labute approximate surface area is 156 Å². The van der Waals surface area contributed by atoms with Crippen molar-refractivity contribution in [2.24, 2.45) is 0 Å². The highest BCUT2D eigenvalue weighted by atomic mass is 16.6. The molecule has 148 valence electrons. The molecule has 1 amide bonds. The summed E-state index contributed by atoms with van der Waals surface area (Å²) in [6, 6.07) is 0. The van der Waals surface area contributed by atoms with Crippen LogP contribution in [0.2, 0.25) is 0 Å². The molecule has 0 radical (unpaired) electrons. The van der Waals surface area contributed by atoms with E-state index in [0.717, 1.165) is 0 Å². The van der Waals surface area contributed by atoms with E-state index in [4.69, 9.17) is 14.2 Å². The van der Waals surface area contributed by atoms with Crippen LogP contribution in [0, 0.1) is 0 Å². The maximum atomic E-state index is 11.9. The Balaban J connectivity index is 4.79. The second-order valence-electron chi connectivity index (χ2n) is 6.32. The van der Waals surface area contributed by atoms with Crippen molar-refractivity contribution in [1.29, 1.82) is 0 Å². The zero-order valence-corrected chi connectivity index (χ0v) is 16.6. The Hall–Kier alpha value is -2.31. The Morgan fingerprint density at radius 1 is 0.885 bits per heavy atom. The summed E-state index contributed by atoms with van der Waals surface area (Å²) in [6.45, 7) is 16.8. The Morgan fingerprint density at radius 3 is 1.77 bits per heavy atom. The monoisotopic (exact) mass is 369 g/mol. The SMILES string of the molecule is C=C(C)C(=O)OCCC(C)(CCOC(=O)N(CC)CC)OC(=O)C(=C)C. The first kappa shape index (κ1) is 23.7. The molecule has 0 aliphatic carbocycles. The van der Waals surface area contributed by atoms with Crippen LogP contribution in [0.25, 0.3) is 0 Å². The summed E-state index contributed by atoms with van der Waals surface area (Å²) < 4.78 is 15.8. The minimum absolute atomic E-state index is 0.0512. The van der Waals surface area contributed by atoms with Gasteiger partial charge >= 0.3 is 18.0 Å². The van der Waals surface area contributed by atoms with Crippen molar-refractivity contribution in [3.63, 3.8) is 0 Å². The molecular weight excluding hydrogens is 338 g/mol. The van der Waals surface area contributed by atoms with Crippen molar-refractivity contribution < 1.29 is 28.6 Å². The summed E-state index contributed by atoms with van der Waals surface area (Å²) >= 11 is 0. The third-order valence-corrected chi connectivity index (χ3v) is 3.78. The van der Waals surface area contributed by atoms with E-state index < -0.39 is 23.6 Å². The van der Waals surface area contributed by atoms with Crippen molar-refractivity contribution in [3.05, 3.63) is 24.3 Å². The van der Waals surface area contributed by atoms with E-state index in [1.807, 2.05) is 13.8 Å². The molecule has 0 aromatic heterocycles. The fourth-order valence-corrected chi connectivity index (χ4v) is 1.95. The summed E-state index contributed by atoms with van der Waals surface area (Å²) in [6.07, 6.45) is 0.106. The summed E-state index contributed by atoms with van der Waals surface area (Å²) in [5.41, 5.74) is -0.413. The third-order valence-electron chi connectivity index (χ3n) is 3.78. The molecule has 0 aromatic rings. The van der Waals surface area contributed by atoms with Crippen LogP contribution in [0.15, 0.2) is 24.3 Å². The van der Waals surface area contributed by atoms with Crippen molar-refractivity contribution >= 4 is 18.0 Å². The second kappa shape index (κ2) is 11.3. The van der Waals surface area contributed by atoms with E-state index in [9.17, 15) is 14.4 Å². The van der Waals surface area contributed by atoms with Gasteiger partial charge in [-0.05, 0) is 34.6 Å². The van der Waals surface area contributed by atoms with E-state index >= 15 is 0 Å². The maximum absolute atomic E-state index is 11.9. The van der Waals surface area contributed by atoms with E-state index in [-0.39, 0.29) is 31.6 Å². The predicted molar refractivity (Wildman–Crippen MR) is 98.6 cm³/mol. The summed E-state index contributed by atoms with van der Waals surface area (Å²) in [5.74, 6) is -1.06. The van der Waals surface area contributed by atoms with Gasteiger partial charge in [-0.3, -0.25) is 0 Å². The molecule has 0 spiro atoms. The number of carbonyl (C=O) groups is 3. The first-order valence-corrected chi connectivity index (χ1v) is 8.69. The highest BCUT2D eigenvalue weighted by Gasteiger charge is 2.30. The Morgan fingerprint density at radius 2 is 1.35 bits per heavy atom. The van der Waals surface area contributed by atoms with Gasteiger partial charge in [0.25, 0.3) is 0 Å². The first-order valence-electron chi connectivity index (χ1n) is 8.69. The minimum Gasteiger partial charge on any atom is -0.462 e. The topological polar surface area (TPSA) is 82.1 Å². The highest BCUT2D eigenvalue weighted by molar-refractivity contribution is 5.87. The standard InChI is InChI=1S/C19H31NO6/c1-8-20(9-2)18(23)25-13-11-19(7,26-17(22)15(5)6)10-12-24-16(21)14(3)4/h3,5,8-13H2,1-2,4,6-7H3. The number of ether oxygens (including phenoxy) is 3. The van der Waals surface area contributed by atoms with Gasteiger partial charge in [-0.15, -0.1) is 0 Å². The van der Waals surface area contributed by atoms with Crippen LogP contribution in [-0.4, -0.2) is 54.8 Å². The molecule has 0 N–H and O–H groups in total. The molecule has 0 heterocycles. The van der Waals surface area contributed by atoms with Crippen LogP contribution in [0.4, 0.5) is 4.79 Å². The van der Waals surface area contributed by atoms with Gasteiger partial charge in [0, 0.05) is 37.1 Å². The molecular formula is C19H31NO6. The molecule has 7 heteroatoms. The minimum atomic E-state index is -0.963. The molecule has 0 bridgehead atoms. The lowest BCUT2D eigenvalue weighted by Crippen LogP contribution is -2.37. The van der Waals surface area contributed by atoms with E-state index in [2.05, 4.69) is 13.2 Å². The van der Waals surface area contributed by atoms with Gasteiger partial charge in [-0.25, -0.2) is 14.4 Å². The van der Waals surface area contributed by atoms with Crippen molar-refractivity contribution in [1.82, 2.24) is 4.90 Å². The normalized spacial score (nSPS) is 12.5. The van der Waals surface area contributed by atoms with Crippen molar-refractivity contribution in [2.75, 3.05) is 26.3 Å². The zero-order valence-electron chi connectivity index (χ0n) is 16.6. The van der Waals surface area contributed by atoms with Gasteiger partial charge in [-0.1, -0.05) is 13.2 Å². The summed E-state index contributed by atoms with van der Waals surface area (Å²) in [4.78, 5) is 36.8. The first-order chi connectivity index (χ1) is 12.1. The predicted octanol–water partition coefficient (Wildman–Crippen LogP) is 3.24. The van der Waals surface area contributed by atoms with Crippen LogP contribution in [0.1, 0.15) is 47.5 Å². The van der Waals surface area contributed by atoms with Crippen molar-refractivity contribution in [2.45, 2.75) is 53.1 Å². The molecule has 1 unspecified atom stereocenters. The Kier molecular flexibility index (Phi) is 10.3. The molecule has 0 saturated carbocycles. The van der Waals surface area contributed by atoms with Crippen LogP contribution in [0.5, 0.6) is 0 Å². The molecule has 0 fully saturated rings. The number of nitrogens with zero attached hydrogens (tertiary/aromatic N) is 1. The number of hydrogen-bond donors (Lipinski definition) is 0. The average Bonchev–Trinajstić information content (AvgIpc) is 2.55. The molecule has 7 nitrogen and oxygen atoms in total. The van der Waals surface area contributed by atoms with Gasteiger partial charge in [0.05, 0.1) is 13.2 Å². The average molecular weight is 369 g/mol. The number of rotatable bonds is 11. The molecule has 0 aliphatic heterocycles. The molecule has 26 heavy (non-hydrogen) atoms. The number of esters is 2. The largest absolute Gasteiger partial charge is 0.462 e. The van der Waals surface area contributed by atoms with Crippen LogP contribution >= 0.6 is 0 Å². The maximum Gasteiger partial charge on any atom is 0.409 e.